The van der Waals surface area contributed by atoms with E-state index in [1.165, 1.54) is 11.0 Å². The van der Waals surface area contributed by atoms with Crippen LogP contribution in [0.3, 0.4) is 0 Å². The van der Waals surface area contributed by atoms with Crippen molar-refractivity contribution >= 4 is 11.7 Å². The van der Waals surface area contributed by atoms with Gasteiger partial charge in [0, 0.05) is 25.8 Å². The minimum Gasteiger partial charge on any atom is -0.321 e. The van der Waals surface area contributed by atoms with Crippen LogP contribution in [0.5, 0.6) is 0 Å². The Bertz CT molecular complexity index is 577. The number of likely N-dealkylation sites (tertiary alicyclic amines) is 1. The van der Waals surface area contributed by atoms with Crippen LogP contribution >= 0.6 is 0 Å². The number of amides is 2. The minimum atomic E-state index is -0.165. The summed E-state index contributed by atoms with van der Waals surface area (Å²) in [7, 11) is 1.69. The predicted octanol–water partition coefficient (Wildman–Crippen LogP) is 2.74. The molecule has 1 saturated heterocycles. The first-order valence-corrected chi connectivity index (χ1v) is 7.65. The predicted molar refractivity (Wildman–Crippen MR) is 84.6 cm³/mol. The number of aryl methyl sites for hydroxylation is 2. The summed E-state index contributed by atoms with van der Waals surface area (Å²) in [5.74, 6) is 0.427. The Labute approximate surface area is 126 Å². The zero-order valence-electron chi connectivity index (χ0n) is 13.3. The lowest BCUT2D eigenvalue weighted by Gasteiger charge is -2.38. The van der Waals surface area contributed by atoms with Crippen molar-refractivity contribution in [1.29, 1.82) is 0 Å². The lowest BCUT2D eigenvalue weighted by Crippen LogP contribution is -2.48. The topological polar surface area (TPSA) is 54.3 Å². The molecule has 1 fully saturated rings. The highest BCUT2D eigenvalue weighted by atomic mass is 16.2. The first kappa shape index (κ1) is 15.6. The third-order valence-corrected chi connectivity index (χ3v) is 4.29. The standard InChI is InChI=1S/C16H25N3O2/c1-11(2)13-7-5-6-9-19(13)16(21)17-14-12(3)8-10-18(4)15(14)20/h8,10-11,13H,5-7,9H2,1-4H3,(H,17,21). The van der Waals surface area contributed by atoms with Crippen LogP contribution in [-0.4, -0.2) is 28.1 Å². The van der Waals surface area contributed by atoms with E-state index in [0.29, 0.717) is 11.6 Å². The molecule has 1 aliphatic heterocycles. The first-order chi connectivity index (χ1) is 9.91. The number of hydrogen-bond acceptors (Lipinski definition) is 2. The molecule has 116 valence electrons. The third-order valence-electron chi connectivity index (χ3n) is 4.29. The summed E-state index contributed by atoms with van der Waals surface area (Å²) >= 11 is 0. The number of carbonyl (C=O) groups excluding carboxylic acids is 1. The van der Waals surface area contributed by atoms with E-state index in [1.54, 1.807) is 13.2 Å². The molecule has 1 aromatic rings. The Balaban J connectivity index is 2.21. The van der Waals surface area contributed by atoms with Crippen LogP contribution in [0, 0.1) is 12.8 Å². The maximum atomic E-state index is 12.6. The summed E-state index contributed by atoms with van der Waals surface area (Å²) in [4.78, 5) is 26.6. The number of anilines is 1. The summed E-state index contributed by atoms with van der Waals surface area (Å²) in [6, 6.07) is 1.94. The first-order valence-electron chi connectivity index (χ1n) is 7.65. The molecular weight excluding hydrogens is 266 g/mol. The molecule has 0 bridgehead atoms. The van der Waals surface area contributed by atoms with E-state index in [-0.39, 0.29) is 17.6 Å². The van der Waals surface area contributed by atoms with E-state index in [1.807, 2.05) is 17.9 Å². The van der Waals surface area contributed by atoms with Gasteiger partial charge in [0.15, 0.2) is 0 Å². The number of aromatic nitrogens is 1. The maximum Gasteiger partial charge on any atom is 0.322 e. The van der Waals surface area contributed by atoms with E-state index >= 15 is 0 Å². The molecular formula is C16H25N3O2. The molecule has 1 N–H and O–H groups in total. The maximum absolute atomic E-state index is 12.6. The van der Waals surface area contributed by atoms with E-state index in [9.17, 15) is 9.59 Å². The van der Waals surface area contributed by atoms with Crippen LogP contribution in [0.4, 0.5) is 10.5 Å². The number of nitrogens with zero attached hydrogens (tertiary/aromatic N) is 2. The largest absolute Gasteiger partial charge is 0.322 e. The van der Waals surface area contributed by atoms with Gasteiger partial charge >= 0.3 is 6.03 Å². The van der Waals surface area contributed by atoms with Crippen LogP contribution < -0.4 is 10.9 Å². The van der Waals surface area contributed by atoms with Crippen molar-refractivity contribution < 1.29 is 4.79 Å². The highest BCUT2D eigenvalue weighted by molar-refractivity contribution is 5.90. The molecule has 2 heterocycles. The van der Waals surface area contributed by atoms with Gasteiger partial charge in [0.2, 0.25) is 0 Å². The normalized spacial score (nSPS) is 18.9. The molecule has 5 nitrogen and oxygen atoms in total. The molecule has 0 radical (unpaired) electrons. The Kier molecular flexibility index (Phi) is 4.70. The number of pyridine rings is 1. The molecule has 1 aromatic heterocycles. The summed E-state index contributed by atoms with van der Waals surface area (Å²) < 4.78 is 1.48. The van der Waals surface area contributed by atoms with Crippen molar-refractivity contribution in [2.45, 2.75) is 46.1 Å². The minimum absolute atomic E-state index is 0.153. The molecule has 1 unspecified atom stereocenters. The fourth-order valence-electron chi connectivity index (χ4n) is 2.95. The van der Waals surface area contributed by atoms with Gasteiger partial charge in [0.05, 0.1) is 0 Å². The summed E-state index contributed by atoms with van der Waals surface area (Å²) in [6.45, 7) is 6.89. The zero-order valence-corrected chi connectivity index (χ0v) is 13.3. The third kappa shape index (κ3) is 3.28. The van der Waals surface area contributed by atoms with E-state index in [4.69, 9.17) is 0 Å². The molecule has 0 saturated carbocycles. The van der Waals surface area contributed by atoms with Crippen molar-refractivity contribution in [2.75, 3.05) is 11.9 Å². The Morgan fingerprint density at radius 1 is 1.38 bits per heavy atom. The molecule has 1 atom stereocenters. The lowest BCUT2D eigenvalue weighted by molar-refractivity contribution is 0.138. The molecule has 0 aromatic carbocycles. The van der Waals surface area contributed by atoms with Crippen LogP contribution in [0.1, 0.15) is 38.7 Å². The molecule has 0 spiro atoms. The number of piperidine rings is 1. The smallest absolute Gasteiger partial charge is 0.321 e. The van der Waals surface area contributed by atoms with Gasteiger partial charge in [-0.15, -0.1) is 0 Å². The fraction of sp³-hybridized carbons (Fsp3) is 0.625. The highest BCUT2D eigenvalue weighted by Gasteiger charge is 2.29. The van der Waals surface area contributed by atoms with Gasteiger partial charge in [-0.25, -0.2) is 4.79 Å². The number of nitrogens with one attached hydrogen (secondary N) is 1. The average molecular weight is 291 g/mol. The van der Waals surface area contributed by atoms with Crippen LogP contribution in [-0.2, 0) is 7.05 Å². The van der Waals surface area contributed by atoms with Crippen molar-refractivity contribution in [1.82, 2.24) is 9.47 Å². The van der Waals surface area contributed by atoms with E-state index in [0.717, 1.165) is 24.9 Å². The highest BCUT2D eigenvalue weighted by Crippen LogP contribution is 2.24. The molecule has 1 aliphatic rings. The van der Waals surface area contributed by atoms with E-state index in [2.05, 4.69) is 19.2 Å². The molecule has 0 aliphatic carbocycles. The molecule has 21 heavy (non-hydrogen) atoms. The Hall–Kier alpha value is -1.78. The van der Waals surface area contributed by atoms with Crippen molar-refractivity contribution in [3.8, 4) is 0 Å². The summed E-state index contributed by atoms with van der Waals surface area (Å²) in [6.07, 6.45) is 4.95. The monoisotopic (exact) mass is 291 g/mol. The summed E-state index contributed by atoms with van der Waals surface area (Å²) in [5.41, 5.74) is 1.02. The fourth-order valence-corrected chi connectivity index (χ4v) is 2.95. The van der Waals surface area contributed by atoms with Gasteiger partial charge in [0.25, 0.3) is 5.56 Å². The van der Waals surface area contributed by atoms with Crippen LogP contribution in [0.2, 0.25) is 0 Å². The Morgan fingerprint density at radius 3 is 2.76 bits per heavy atom. The van der Waals surface area contributed by atoms with Gasteiger partial charge in [-0.1, -0.05) is 13.8 Å². The molecule has 2 rings (SSSR count). The summed E-state index contributed by atoms with van der Waals surface area (Å²) in [5, 5.41) is 2.83. The van der Waals surface area contributed by atoms with Gasteiger partial charge in [-0.3, -0.25) is 4.79 Å². The number of rotatable bonds is 2. The number of hydrogen-bond donors (Lipinski definition) is 1. The van der Waals surface area contributed by atoms with Crippen molar-refractivity contribution in [3.05, 3.63) is 28.2 Å². The molecule has 2 amide bonds. The average Bonchev–Trinajstić information content (AvgIpc) is 2.47. The van der Waals surface area contributed by atoms with Crippen molar-refractivity contribution in [2.24, 2.45) is 13.0 Å². The van der Waals surface area contributed by atoms with Gasteiger partial charge in [-0.05, 0) is 43.7 Å². The second kappa shape index (κ2) is 6.33. The number of urea groups is 1. The second-order valence-corrected chi connectivity index (χ2v) is 6.22. The lowest BCUT2D eigenvalue weighted by atomic mass is 9.93. The SMILES string of the molecule is Cc1ccn(C)c(=O)c1NC(=O)N1CCCCC1C(C)C. The van der Waals surface area contributed by atoms with Crippen LogP contribution in [0.25, 0.3) is 0 Å². The molecule has 5 heteroatoms. The zero-order chi connectivity index (χ0) is 15.6. The van der Waals surface area contributed by atoms with E-state index < -0.39 is 0 Å². The Morgan fingerprint density at radius 2 is 2.10 bits per heavy atom. The van der Waals surface area contributed by atoms with Gasteiger partial charge < -0.3 is 14.8 Å². The van der Waals surface area contributed by atoms with Crippen LogP contribution in [0.15, 0.2) is 17.1 Å². The quantitative estimate of drug-likeness (QED) is 0.911. The number of carbonyl (C=O) groups is 1. The van der Waals surface area contributed by atoms with Gasteiger partial charge in [0.1, 0.15) is 5.69 Å². The van der Waals surface area contributed by atoms with Crippen molar-refractivity contribution in [3.63, 3.8) is 0 Å². The van der Waals surface area contributed by atoms with Gasteiger partial charge in [-0.2, -0.15) is 0 Å². The second-order valence-electron chi connectivity index (χ2n) is 6.22.